The average molecular weight is 543 g/mol. The van der Waals surface area contributed by atoms with Crippen molar-refractivity contribution in [2.75, 3.05) is 0 Å². The Balaban J connectivity index is 0.00000648. The maximum atomic E-state index is 11.8. The predicted octanol–water partition coefficient (Wildman–Crippen LogP) is 6.00. The average Bonchev–Trinajstić information content (AvgIpc) is 2.59. The predicted molar refractivity (Wildman–Crippen MR) is 146 cm³/mol. The largest absolute Gasteiger partial charge is 2.00 e. The van der Waals surface area contributed by atoms with E-state index in [9.17, 15) is 19.5 Å². The van der Waals surface area contributed by atoms with Gasteiger partial charge >= 0.3 is 37.7 Å². The normalized spacial score (nSPS) is 13.4. The Morgan fingerprint density at radius 2 is 1.08 bits per heavy atom. The molecule has 0 unspecified atom stereocenters. The molecule has 0 aliphatic carbocycles. The van der Waals surface area contributed by atoms with Crippen molar-refractivity contribution < 1.29 is 24.0 Å². The van der Waals surface area contributed by atoms with Crippen molar-refractivity contribution >= 4 is 45.6 Å². The van der Waals surface area contributed by atoms with Crippen LogP contribution in [0.25, 0.3) is 0 Å². The van der Waals surface area contributed by atoms with Crippen LogP contribution in [0, 0.1) is 0 Å². The summed E-state index contributed by atoms with van der Waals surface area (Å²) >= 11 is 0. The van der Waals surface area contributed by atoms with E-state index < -0.39 is 13.2 Å². The molecule has 2 aromatic rings. The molecule has 0 aliphatic rings. The van der Waals surface area contributed by atoms with Gasteiger partial charge in [0, 0.05) is 12.0 Å². The van der Waals surface area contributed by atoms with Crippen molar-refractivity contribution in [1.82, 2.24) is 0 Å². The number of phenolic OH excluding ortho intramolecular Hbond substituents is 1. The van der Waals surface area contributed by atoms with Crippen LogP contribution < -0.4 is 14.3 Å². The van der Waals surface area contributed by atoms with Crippen LogP contribution in [0.15, 0.2) is 24.3 Å². The van der Waals surface area contributed by atoms with Gasteiger partial charge in [-0.25, -0.2) is 0 Å². The minimum Gasteiger partial charge on any atom is -0.780 e. The molecule has 196 valence electrons. The van der Waals surface area contributed by atoms with Crippen molar-refractivity contribution in [3.63, 3.8) is 0 Å². The second kappa shape index (κ2) is 10.9. The van der Waals surface area contributed by atoms with E-state index in [-0.39, 0.29) is 71.9 Å². The van der Waals surface area contributed by atoms with Crippen LogP contribution in [-0.2, 0) is 32.6 Å². The Kier molecular flexibility index (Phi) is 10.1. The summed E-state index contributed by atoms with van der Waals surface area (Å²) < 4.78 is 16.9. The van der Waals surface area contributed by atoms with E-state index in [1.807, 2.05) is 45.0 Å². The number of hydrogen-bond acceptors (Lipinski definition) is 5. The number of phosphoric acid groups is 1. The van der Waals surface area contributed by atoms with Gasteiger partial charge in [-0.3, -0.25) is 0 Å². The van der Waals surface area contributed by atoms with Crippen LogP contribution in [0.1, 0.15) is 116 Å². The fourth-order valence-electron chi connectivity index (χ4n) is 4.07. The van der Waals surface area contributed by atoms with Crippen LogP contribution in [0.2, 0.25) is 0 Å². The fraction of sp³-hybridized carbons (Fsp3) is 0.586. The van der Waals surface area contributed by atoms with Gasteiger partial charge in [0.1, 0.15) is 19.3 Å². The minimum atomic E-state index is -5.32. The first-order valence-corrected chi connectivity index (χ1v) is 13.6. The number of aromatic hydroxyl groups is 1. The first kappa shape index (κ1) is 33.5. The summed E-state index contributed by atoms with van der Waals surface area (Å²) in [4.78, 5) is 23.6. The van der Waals surface area contributed by atoms with E-state index in [4.69, 9.17) is 4.52 Å². The molecular weight excluding hydrogens is 499 g/mol. The molecule has 0 heterocycles. The number of hydrogen-bond donors (Lipinski definition) is 1. The summed E-state index contributed by atoms with van der Waals surface area (Å²) in [6.07, 6.45) is 0.223. The Bertz CT molecular complexity index is 1140. The smallest absolute Gasteiger partial charge is 0.780 e. The molecule has 36 heavy (non-hydrogen) atoms. The maximum Gasteiger partial charge on any atom is 2.00 e. The van der Waals surface area contributed by atoms with Gasteiger partial charge in [-0.15, -0.1) is 0 Å². The zero-order valence-corrected chi connectivity index (χ0v) is 27.4. The summed E-state index contributed by atoms with van der Waals surface area (Å²) in [5.41, 5.74) is 3.61. The molecule has 0 aliphatic heterocycles. The second-order valence-corrected chi connectivity index (χ2v) is 14.8. The molecule has 0 fully saturated rings. The third-order valence-electron chi connectivity index (χ3n) is 6.29. The summed E-state index contributed by atoms with van der Waals surface area (Å²) in [6, 6.07) is 7.86. The van der Waals surface area contributed by atoms with Crippen LogP contribution in [0.5, 0.6) is 11.5 Å². The fourth-order valence-corrected chi connectivity index (χ4v) is 4.51. The van der Waals surface area contributed by atoms with E-state index in [1.54, 1.807) is 0 Å². The maximum absolute atomic E-state index is 11.8. The molecule has 1 N–H and O–H groups in total. The quantitative estimate of drug-likeness (QED) is 0.378. The minimum absolute atomic E-state index is 0. The van der Waals surface area contributed by atoms with E-state index in [1.165, 1.54) is 0 Å². The van der Waals surface area contributed by atoms with Crippen LogP contribution >= 0.6 is 7.82 Å². The third-order valence-corrected chi connectivity index (χ3v) is 6.69. The van der Waals surface area contributed by atoms with E-state index in [0.29, 0.717) is 16.7 Å². The summed E-state index contributed by atoms with van der Waals surface area (Å²) in [6.45, 7) is 24.6. The van der Waals surface area contributed by atoms with Gasteiger partial charge in [-0.05, 0) is 49.5 Å². The van der Waals surface area contributed by atoms with E-state index in [2.05, 4.69) is 62.3 Å². The molecule has 5 nitrogen and oxygen atoms in total. The van der Waals surface area contributed by atoms with Crippen molar-refractivity contribution in [2.24, 2.45) is 0 Å². The summed E-state index contributed by atoms with van der Waals surface area (Å²) in [5.74, 6) is 0.249. The molecule has 7 heteroatoms. The Morgan fingerprint density at radius 3 is 1.44 bits per heavy atom. The third kappa shape index (κ3) is 8.48. The van der Waals surface area contributed by atoms with Crippen LogP contribution in [0.3, 0.4) is 0 Å². The molecule has 0 aromatic heterocycles. The van der Waals surface area contributed by atoms with Crippen LogP contribution in [0.4, 0.5) is 0 Å². The molecule has 0 atom stereocenters. The number of phosphoric ester groups is 1. The van der Waals surface area contributed by atoms with Gasteiger partial charge in [-0.1, -0.05) is 107 Å². The van der Waals surface area contributed by atoms with Gasteiger partial charge < -0.3 is 24.0 Å². The second-order valence-electron chi connectivity index (χ2n) is 13.8. The van der Waals surface area contributed by atoms with Gasteiger partial charge in [0.2, 0.25) is 0 Å². The van der Waals surface area contributed by atoms with E-state index >= 15 is 0 Å². The van der Waals surface area contributed by atoms with Crippen molar-refractivity contribution in [2.45, 2.75) is 111 Å². The van der Waals surface area contributed by atoms with Crippen LogP contribution in [-0.4, -0.2) is 42.8 Å². The van der Waals surface area contributed by atoms with Crippen molar-refractivity contribution in [1.29, 1.82) is 0 Å². The van der Waals surface area contributed by atoms with Gasteiger partial charge in [-0.2, -0.15) is 0 Å². The zero-order chi connectivity index (χ0) is 27.4. The summed E-state index contributed by atoms with van der Waals surface area (Å²) in [7, 11) is -5.32. The van der Waals surface area contributed by atoms with Gasteiger partial charge in [0.25, 0.3) is 0 Å². The Morgan fingerprint density at radius 1 is 0.694 bits per heavy atom. The first-order chi connectivity index (χ1) is 15.4. The van der Waals surface area contributed by atoms with Crippen molar-refractivity contribution in [3.05, 3.63) is 57.6 Å². The first-order valence-electron chi connectivity index (χ1n) is 12.2. The molecule has 0 amide bonds. The number of phenols is 1. The van der Waals surface area contributed by atoms with Gasteiger partial charge in [0.05, 0.1) is 0 Å². The Hall–Kier alpha value is -0.550. The summed E-state index contributed by atoms with van der Waals surface area (Å²) in [5, 5.41) is 11.3. The number of rotatable bonds is 4. The molecule has 0 spiro atoms. The van der Waals surface area contributed by atoms with Gasteiger partial charge in [0.15, 0.2) is 0 Å². The Labute approximate surface area is 248 Å². The molecular formula is C29H43CaO5P. The van der Waals surface area contributed by atoms with Crippen molar-refractivity contribution in [3.8, 4) is 11.5 Å². The number of benzene rings is 2. The molecule has 0 bridgehead atoms. The standard InChI is InChI=1S/C29H45O5P.Ca/c1-26(2,3)20-14-18(24(30)22(16-20)28(7,8)9)13-19-15-21(27(4,5)6)17-23(29(10,11)12)25(19)34-35(31,32)33;/h14-17,30H,13H2,1-12H3,(H2,31,32,33);/q;+2/p-2. The SMILES string of the molecule is CC(C)(C)c1cc(Cc2cc(C(C)(C)C)cc(C(C)(C)C)c2OP(=O)([O-])[O-])c(O)c(C(C)(C)C)c1.[Ca+2]. The molecule has 0 saturated carbocycles. The topological polar surface area (TPSA) is 92.7 Å². The zero-order valence-electron chi connectivity index (χ0n) is 24.3. The monoisotopic (exact) mass is 542 g/mol. The molecule has 0 saturated heterocycles. The van der Waals surface area contributed by atoms with E-state index in [0.717, 1.165) is 16.7 Å². The molecule has 2 aromatic carbocycles. The molecule has 0 radical (unpaired) electrons. The molecule has 2 rings (SSSR count).